The summed E-state index contributed by atoms with van der Waals surface area (Å²) in [6.07, 6.45) is 5.67. The SMILES string of the molecule is COCc1ccnc(CS(=O)c2nc3ccc(-n4cccc4)cc3[nH]2)c1. The number of pyridine rings is 1. The average molecular weight is 366 g/mol. The number of H-pyrrole nitrogens is 1. The molecule has 0 saturated carbocycles. The molecule has 0 aliphatic carbocycles. The topological polar surface area (TPSA) is 72.8 Å². The Balaban J connectivity index is 1.58. The standard InChI is InChI=1S/C19H18N4O2S/c1-25-12-14-6-7-20-15(10-14)13-26(24)19-21-17-5-4-16(11-18(17)22-19)23-8-2-3-9-23/h2-11H,12-13H2,1H3,(H,21,22). The van der Waals surface area contributed by atoms with Gasteiger partial charge in [-0.3, -0.25) is 9.19 Å². The molecule has 0 radical (unpaired) electrons. The summed E-state index contributed by atoms with van der Waals surface area (Å²) in [7, 11) is 0.348. The number of methoxy groups -OCH3 is 1. The Morgan fingerprint density at radius 3 is 2.85 bits per heavy atom. The van der Waals surface area contributed by atoms with E-state index >= 15 is 0 Å². The Morgan fingerprint density at radius 1 is 1.19 bits per heavy atom. The summed E-state index contributed by atoms with van der Waals surface area (Å²) in [6, 6.07) is 13.7. The number of benzene rings is 1. The summed E-state index contributed by atoms with van der Waals surface area (Å²) in [5.41, 5.74) is 4.45. The van der Waals surface area contributed by atoms with Crippen molar-refractivity contribution in [1.82, 2.24) is 19.5 Å². The predicted octanol–water partition coefficient (Wildman–Crippen LogP) is 3.20. The minimum atomic E-state index is -1.30. The lowest BCUT2D eigenvalue weighted by atomic mass is 10.2. The zero-order chi connectivity index (χ0) is 17.9. The number of nitrogens with one attached hydrogen (secondary N) is 1. The number of imidazole rings is 1. The Morgan fingerprint density at radius 2 is 2.04 bits per heavy atom. The maximum atomic E-state index is 12.7. The Hall–Kier alpha value is -2.77. The van der Waals surface area contributed by atoms with Crippen LogP contribution in [0.1, 0.15) is 11.3 Å². The second-order valence-corrected chi connectivity index (χ2v) is 7.28. The van der Waals surface area contributed by atoms with Crippen LogP contribution in [0.3, 0.4) is 0 Å². The maximum Gasteiger partial charge on any atom is 0.197 e. The van der Waals surface area contributed by atoms with E-state index in [2.05, 4.69) is 15.0 Å². The summed E-state index contributed by atoms with van der Waals surface area (Å²) in [5, 5.41) is 0.462. The highest BCUT2D eigenvalue weighted by Crippen LogP contribution is 2.19. The number of aromatic nitrogens is 4. The number of hydrogen-bond acceptors (Lipinski definition) is 4. The van der Waals surface area contributed by atoms with Gasteiger partial charge in [-0.1, -0.05) is 0 Å². The smallest absolute Gasteiger partial charge is 0.197 e. The maximum absolute atomic E-state index is 12.7. The molecule has 0 fully saturated rings. The third-order valence-electron chi connectivity index (χ3n) is 4.03. The molecular weight excluding hydrogens is 348 g/mol. The first-order chi connectivity index (χ1) is 12.7. The summed E-state index contributed by atoms with van der Waals surface area (Å²) < 4.78 is 19.9. The van der Waals surface area contributed by atoms with Crippen molar-refractivity contribution < 1.29 is 8.95 Å². The fraction of sp³-hybridized carbons (Fsp3) is 0.158. The number of fused-ring (bicyclic) bond motifs is 1. The van der Waals surface area contributed by atoms with Gasteiger partial charge in [-0.25, -0.2) is 4.98 Å². The minimum absolute atomic E-state index is 0.307. The van der Waals surface area contributed by atoms with Crippen LogP contribution in [0.5, 0.6) is 0 Å². The van der Waals surface area contributed by atoms with Gasteiger partial charge in [0.05, 0.1) is 39.9 Å². The predicted molar refractivity (Wildman–Crippen MR) is 100 cm³/mol. The molecule has 3 aromatic heterocycles. The summed E-state index contributed by atoms with van der Waals surface area (Å²) in [6.45, 7) is 0.509. The van der Waals surface area contributed by atoms with E-state index < -0.39 is 10.8 Å². The molecule has 0 aliphatic heterocycles. The second-order valence-electron chi connectivity index (χ2n) is 5.91. The molecular formula is C19H18N4O2S. The number of ether oxygens (including phenoxy) is 1. The van der Waals surface area contributed by atoms with E-state index in [1.54, 1.807) is 13.3 Å². The fourth-order valence-corrected chi connectivity index (χ4v) is 3.80. The van der Waals surface area contributed by atoms with E-state index in [4.69, 9.17) is 4.74 Å². The van der Waals surface area contributed by atoms with Crippen molar-refractivity contribution in [3.63, 3.8) is 0 Å². The van der Waals surface area contributed by atoms with Gasteiger partial charge < -0.3 is 14.3 Å². The van der Waals surface area contributed by atoms with Gasteiger partial charge in [-0.15, -0.1) is 0 Å². The van der Waals surface area contributed by atoms with Gasteiger partial charge in [-0.2, -0.15) is 0 Å². The second kappa shape index (κ2) is 7.23. The van der Waals surface area contributed by atoms with Crippen molar-refractivity contribution in [1.29, 1.82) is 0 Å². The van der Waals surface area contributed by atoms with Crippen molar-refractivity contribution in [2.75, 3.05) is 7.11 Å². The fourth-order valence-electron chi connectivity index (χ4n) is 2.82. The van der Waals surface area contributed by atoms with E-state index in [-0.39, 0.29) is 0 Å². The molecule has 1 aromatic carbocycles. The minimum Gasteiger partial charge on any atom is -0.380 e. The van der Waals surface area contributed by atoms with Crippen molar-refractivity contribution >= 4 is 21.8 Å². The molecule has 1 unspecified atom stereocenters. The zero-order valence-electron chi connectivity index (χ0n) is 14.3. The Kier molecular flexibility index (Phi) is 4.64. The molecule has 26 heavy (non-hydrogen) atoms. The molecule has 0 saturated heterocycles. The van der Waals surface area contributed by atoms with Crippen LogP contribution in [0.4, 0.5) is 0 Å². The lowest BCUT2D eigenvalue weighted by molar-refractivity contribution is 0.185. The van der Waals surface area contributed by atoms with Crippen LogP contribution in [-0.4, -0.2) is 30.8 Å². The number of nitrogens with zero attached hydrogens (tertiary/aromatic N) is 3. The van der Waals surface area contributed by atoms with Crippen LogP contribution in [0, 0.1) is 0 Å². The average Bonchev–Trinajstić information content (AvgIpc) is 3.31. The van der Waals surface area contributed by atoms with Crippen LogP contribution in [0.25, 0.3) is 16.7 Å². The van der Waals surface area contributed by atoms with Gasteiger partial charge in [0.25, 0.3) is 0 Å². The molecule has 6 nitrogen and oxygen atoms in total. The number of rotatable bonds is 6. The van der Waals surface area contributed by atoms with Gasteiger partial charge in [-0.05, 0) is 48.0 Å². The monoisotopic (exact) mass is 366 g/mol. The molecule has 132 valence electrons. The van der Waals surface area contributed by atoms with Crippen LogP contribution in [0.15, 0.2) is 66.2 Å². The van der Waals surface area contributed by atoms with Gasteiger partial charge in [0.2, 0.25) is 0 Å². The third-order valence-corrected chi connectivity index (χ3v) is 5.22. The molecule has 4 rings (SSSR count). The van der Waals surface area contributed by atoms with Crippen molar-refractivity contribution in [2.24, 2.45) is 0 Å². The van der Waals surface area contributed by atoms with Gasteiger partial charge >= 0.3 is 0 Å². The Labute approximate surface area is 153 Å². The van der Waals surface area contributed by atoms with E-state index in [1.165, 1.54) is 0 Å². The molecule has 0 aliphatic rings. The van der Waals surface area contributed by atoms with Crippen molar-refractivity contribution in [3.8, 4) is 5.69 Å². The first kappa shape index (κ1) is 16.7. The third kappa shape index (κ3) is 3.44. The quantitative estimate of drug-likeness (QED) is 0.569. The highest BCUT2D eigenvalue weighted by atomic mass is 32.2. The molecule has 1 N–H and O–H groups in total. The van der Waals surface area contributed by atoms with E-state index in [9.17, 15) is 4.21 Å². The van der Waals surface area contributed by atoms with Crippen LogP contribution >= 0.6 is 0 Å². The Bertz CT molecular complexity index is 1060. The molecule has 0 spiro atoms. The zero-order valence-corrected chi connectivity index (χ0v) is 15.1. The van der Waals surface area contributed by atoms with Gasteiger partial charge in [0, 0.05) is 31.4 Å². The number of hydrogen-bond donors (Lipinski definition) is 1. The van der Waals surface area contributed by atoms with Crippen LogP contribution in [0.2, 0.25) is 0 Å². The first-order valence-corrected chi connectivity index (χ1v) is 9.49. The van der Waals surface area contributed by atoms with E-state index in [1.807, 2.05) is 59.4 Å². The summed E-state index contributed by atoms with van der Waals surface area (Å²) in [5.74, 6) is 0.307. The molecule has 0 amide bonds. The van der Waals surface area contributed by atoms with Crippen molar-refractivity contribution in [2.45, 2.75) is 17.5 Å². The number of aromatic amines is 1. The van der Waals surface area contributed by atoms with Crippen LogP contribution < -0.4 is 0 Å². The lowest BCUT2D eigenvalue weighted by Gasteiger charge is -2.03. The van der Waals surface area contributed by atoms with Crippen molar-refractivity contribution in [3.05, 3.63) is 72.3 Å². The molecule has 4 aromatic rings. The highest BCUT2D eigenvalue weighted by Gasteiger charge is 2.12. The lowest BCUT2D eigenvalue weighted by Crippen LogP contribution is -2.01. The first-order valence-electron chi connectivity index (χ1n) is 8.17. The molecule has 7 heteroatoms. The normalized spacial score (nSPS) is 12.5. The van der Waals surface area contributed by atoms with Gasteiger partial charge in [0.15, 0.2) is 5.16 Å². The highest BCUT2D eigenvalue weighted by molar-refractivity contribution is 7.84. The summed E-state index contributed by atoms with van der Waals surface area (Å²) >= 11 is 0. The largest absolute Gasteiger partial charge is 0.380 e. The van der Waals surface area contributed by atoms with Gasteiger partial charge in [0.1, 0.15) is 0 Å². The molecule has 3 heterocycles. The molecule has 1 atom stereocenters. The summed E-state index contributed by atoms with van der Waals surface area (Å²) in [4.78, 5) is 11.9. The van der Waals surface area contributed by atoms with E-state index in [0.717, 1.165) is 28.0 Å². The van der Waals surface area contributed by atoms with E-state index in [0.29, 0.717) is 17.5 Å². The van der Waals surface area contributed by atoms with Crippen LogP contribution in [-0.2, 0) is 27.9 Å². The molecule has 0 bridgehead atoms.